The number of hydrogen-bond donors (Lipinski definition) is 2. The van der Waals surface area contributed by atoms with Gasteiger partial charge >= 0.3 is 0 Å². The lowest BCUT2D eigenvalue weighted by Gasteiger charge is -2.28. The van der Waals surface area contributed by atoms with Crippen molar-refractivity contribution in [2.75, 3.05) is 28.0 Å². The molecule has 3 aromatic rings. The molecule has 1 heterocycles. The van der Waals surface area contributed by atoms with Crippen LogP contribution in [0.1, 0.15) is 29.6 Å². The molecular formula is C24H24ClN3O3S. The largest absolute Gasteiger partial charge is 0.372 e. The number of sulfonamides is 1. The first-order valence-electron chi connectivity index (χ1n) is 10.5. The van der Waals surface area contributed by atoms with E-state index >= 15 is 0 Å². The molecule has 0 unspecified atom stereocenters. The van der Waals surface area contributed by atoms with E-state index in [1.807, 2.05) is 24.3 Å². The Bertz CT molecular complexity index is 1170. The highest BCUT2D eigenvalue weighted by molar-refractivity contribution is 7.92. The summed E-state index contributed by atoms with van der Waals surface area (Å²) in [6.45, 7) is 2.13. The molecule has 1 aliphatic heterocycles. The molecule has 2 N–H and O–H groups in total. The highest BCUT2D eigenvalue weighted by atomic mass is 35.5. The summed E-state index contributed by atoms with van der Waals surface area (Å²) in [5.74, 6) is -0.301. The third kappa shape index (κ3) is 5.41. The zero-order valence-corrected chi connectivity index (χ0v) is 19.0. The van der Waals surface area contributed by atoms with Crippen LogP contribution in [0, 0.1) is 0 Å². The van der Waals surface area contributed by atoms with Gasteiger partial charge in [0, 0.05) is 40.7 Å². The molecule has 0 aliphatic carbocycles. The van der Waals surface area contributed by atoms with Crippen molar-refractivity contribution < 1.29 is 13.2 Å². The summed E-state index contributed by atoms with van der Waals surface area (Å²) in [7, 11) is -3.77. The third-order valence-electron chi connectivity index (χ3n) is 5.37. The molecule has 1 fully saturated rings. The molecule has 32 heavy (non-hydrogen) atoms. The lowest BCUT2D eigenvalue weighted by Crippen LogP contribution is -2.29. The van der Waals surface area contributed by atoms with Crippen LogP contribution in [-0.4, -0.2) is 27.4 Å². The van der Waals surface area contributed by atoms with Gasteiger partial charge in [-0.05, 0) is 92.1 Å². The first-order chi connectivity index (χ1) is 15.4. The Balaban J connectivity index is 1.39. The second-order valence-corrected chi connectivity index (χ2v) is 9.80. The van der Waals surface area contributed by atoms with Crippen molar-refractivity contribution in [3.05, 3.63) is 83.4 Å². The van der Waals surface area contributed by atoms with Gasteiger partial charge < -0.3 is 10.2 Å². The van der Waals surface area contributed by atoms with Crippen molar-refractivity contribution in [3.8, 4) is 0 Å². The fourth-order valence-electron chi connectivity index (χ4n) is 3.63. The highest BCUT2D eigenvalue weighted by Crippen LogP contribution is 2.23. The van der Waals surface area contributed by atoms with Gasteiger partial charge in [-0.3, -0.25) is 9.52 Å². The van der Waals surface area contributed by atoms with Gasteiger partial charge in [0.25, 0.3) is 15.9 Å². The summed E-state index contributed by atoms with van der Waals surface area (Å²) in [6, 6.07) is 20.0. The van der Waals surface area contributed by atoms with Crippen LogP contribution >= 0.6 is 11.6 Å². The molecule has 0 radical (unpaired) electrons. The Morgan fingerprint density at radius 1 is 0.781 bits per heavy atom. The van der Waals surface area contributed by atoms with E-state index in [-0.39, 0.29) is 10.8 Å². The maximum atomic E-state index is 12.6. The monoisotopic (exact) mass is 469 g/mol. The third-order valence-corrected chi connectivity index (χ3v) is 7.02. The summed E-state index contributed by atoms with van der Waals surface area (Å²) < 4.78 is 27.6. The normalized spacial score (nSPS) is 14.1. The molecule has 0 aromatic heterocycles. The van der Waals surface area contributed by atoms with Crippen LogP contribution in [0.25, 0.3) is 0 Å². The minimum atomic E-state index is -3.77. The Hall–Kier alpha value is -3.03. The molecule has 0 atom stereocenters. The number of rotatable bonds is 6. The topological polar surface area (TPSA) is 78.5 Å². The fourth-order valence-corrected chi connectivity index (χ4v) is 4.81. The second kappa shape index (κ2) is 9.63. The standard InChI is InChI=1S/C24H24ClN3O3S/c25-19-6-8-21(9-7-19)27-32(30,31)23-14-4-18(5-15-23)24(29)26-20-10-12-22(13-11-20)28-16-2-1-3-17-28/h4-15,27H,1-3,16-17H2,(H,26,29). The van der Waals surface area contributed by atoms with E-state index in [0.717, 1.165) is 18.8 Å². The molecule has 8 heteroatoms. The van der Waals surface area contributed by atoms with Crippen molar-refractivity contribution in [3.63, 3.8) is 0 Å². The summed E-state index contributed by atoms with van der Waals surface area (Å²) in [5, 5.41) is 3.37. The fraction of sp³-hybridized carbons (Fsp3) is 0.208. The molecule has 0 saturated carbocycles. The van der Waals surface area contributed by atoms with E-state index in [2.05, 4.69) is 14.9 Å². The molecule has 3 aromatic carbocycles. The van der Waals surface area contributed by atoms with Crippen LogP contribution in [0.5, 0.6) is 0 Å². The number of halogens is 1. The Labute approximate surface area is 193 Å². The number of hydrogen-bond acceptors (Lipinski definition) is 4. The van der Waals surface area contributed by atoms with Gasteiger partial charge in [0.05, 0.1) is 4.90 Å². The van der Waals surface area contributed by atoms with Crippen LogP contribution in [0.2, 0.25) is 5.02 Å². The average molecular weight is 470 g/mol. The predicted octanol–water partition coefficient (Wildman–Crippen LogP) is 5.38. The molecule has 0 spiro atoms. The van der Waals surface area contributed by atoms with Crippen LogP contribution in [0.3, 0.4) is 0 Å². The molecule has 0 bridgehead atoms. The minimum absolute atomic E-state index is 0.0647. The van der Waals surface area contributed by atoms with E-state index in [0.29, 0.717) is 22.0 Å². The summed E-state index contributed by atoms with van der Waals surface area (Å²) >= 11 is 5.83. The van der Waals surface area contributed by atoms with Crippen LogP contribution in [0.15, 0.2) is 77.7 Å². The van der Waals surface area contributed by atoms with Gasteiger partial charge in [-0.1, -0.05) is 11.6 Å². The van der Waals surface area contributed by atoms with E-state index in [4.69, 9.17) is 11.6 Å². The van der Waals surface area contributed by atoms with Crippen LogP contribution in [-0.2, 0) is 10.0 Å². The number of carbonyl (C=O) groups is 1. The highest BCUT2D eigenvalue weighted by Gasteiger charge is 2.16. The first kappa shape index (κ1) is 22.2. The Kier molecular flexibility index (Phi) is 6.67. The maximum absolute atomic E-state index is 12.6. The maximum Gasteiger partial charge on any atom is 0.261 e. The average Bonchev–Trinajstić information content (AvgIpc) is 2.81. The van der Waals surface area contributed by atoms with Crippen LogP contribution in [0.4, 0.5) is 17.1 Å². The minimum Gasteiger partial charge on any atom is -0.372 e. The van der Waals surface area contributed by atoms with Crippen LogP contribution < -0.4 is 14.9 Å². The number of nitrogens with one attached hydrogen (secondary N) is 2. The second-order valence-electron chi connectivity index (χ2n) is 7.69. The first-order valence-corrected chi connectivity index (χ1v) is 12.3. The number of amides is 1. The Morgan fingerprint density at radius 3 is 2.00 bits per heavy atom. The lowest BCUT2D eigenvalue weighted by atomic mass is 10.1. The molecular weight excluding hydrogens is 446 g/mol. The molecule has 6 nitrogen and oxygen atoms in total. The predicted molar refractivity (Wildman–Crippen MR) is 129 cm³/mol. The number of carbonyl (C=O) groups excluding carboxylic acids is 1. The molecule has 1 amide bonds. The van der Waals surface area contributed by atoms with E-state index in [1.54, 1.807) is 24.3 Å². The Morgan fingerprint density at radius 2 is 1.38 bits per heavy atom. The quantitative estimate of drug-likeness (QED) is 0.507. The van der Waals surface area contributed by atoms with E-state index in [9.17, 15) is 13.2 Å². The summed E-state index contributed by atoms with van der Waals surface area (Å²) in [4.78, 5) is 15.0. The van der Waals surface area contributed by atoms with Gasteiger partial charge in [-0.15, -0.1) is 0 Å². The van der Waals surface area contributed by atoms with Gasteiger partial charge in [0.1, 0.15) is 0 Å². The molecule has 166 valence electrons. The molecule has 1 aliphatic rings. The number of piperidine rings is 1. The van der Waals surface area contributed by atoms with Crippen molar-refractivity contribution in [1.29, 1.82) is 0 Å². The van der Waals surface area contributed by atoms with Gasteiger partial charge in [0.15, 0.2) is 0 Å². The van der Waals surface area contributed by atoms with Crippen molar-refractivity contribution >= 4 is 44.6 Å². The van der Waals surface area contributed by atoms with Gasteiger partial charge in [-0.2, -0.15) is 0 Å². The van der Waals surface area contributed by atoms with Crippen molar-refractivity contribution in [2.24, 2.45) is 0 Å². The summed E-state index contributed by atoms with van der Waals surface area (Å²) in [6.07, 6.45) is 3.70. The molecule has 4 rings (SSSR count). The van der Waals surface area contributed by atoms with E-state index in [1.165, 1.54) is 43.5 Å². The smallest absolute Gasteiger partial charge is 0.261 e. The SMILES string of the molecule is O=C(Nc1ccc(N2CCCCC2)cc1)c1ccc(S(=O)(=O)Nc2ccc(Cl)cc2)cc1. The number of nitrogens with zero attached hydrogens (tertiary/aromatic N) is 1. The zero-order chi connectivity index (χ0) is 22.6. The van der Waals surface area contributed by atoms with Crippen molar-refractivity contribution in [1.82, 2.24) is 0 Å². The molecule has 1 saturated heterocycles. The zero-order valence-electron chi connectivity index (χ0n) is 17.4. The lowest BCUT2D eigenvalue weighted by molar-refractivity contribution is 0.102. The van der Waals surface area contributed by atoms with Crippen molar-refractivity contribution in [2.45, 2.75) is 24.2 Å². The van der Waals surface area contributed by atoms with E-state index < -0.39 is 10.0 Å². The summed E-state index contributed by atoms with van der Waals surface area (Å²) in [5.41, 5.74) is 2.63. The van der Waals surface area contributed by atoms with Gasteiger partial charge in [0.2, 0.25) is 0 Å². The van der Waals surface area contributed by atoms with Gasteiger partial charge in [-0.25, -0.2) is 8.42 Å². The number of benzene rings is 3. The number of anilines is 3.